The molecule has 0 atom stereocenters. The lowest BCUT2D eigenvalue weighted by Gasteiger charge is -2.09. The van der Waals surface area contributed by atoms with Crippen LogP contribution in [-0.2, 0) is 13.1 Å². The van der Waals surface area contributed by atoms with Crippen molar-refractivity contribution in [2.24, 2.45) is 5.92 Å². The van der Waals surface area contributed by atoms with Gasteiger partial charge in [0.25, 0.3) is 11.5 Å². The molecule has 0 saturated heterocycles. The van der Waals surface area contributed by atoms with Crippen molar-refractivity contribution in [2.45, 2.75) is 33.9 Å². The van der Waals surface area contributed by atoms with Gasteiger partial charge >= 0.3 is 0 Å². The standard InChI is InChI=1S/C18H20N2O3S/c1-11(2)10-20-7-6-14-16(18(20)22)15(12(3)24-14)17(21)19-9-13-5-4-8-23-13/h4-8,11H,9-10H2,1-3H3,(H,19,21). The topological polar surface area (TPSA) is 64.2 Å². The summed E-state index contributed by atoms with van der Waals surface area (Å²) in [6.07, 6.45) is 3.38. The van der Waals surface area contributed by atoms with E-state index < -0.39 is 0 Å². The Bertz CT molecular complexity index is 920. The van der Waals surface area contributed by atoms with Gasteiger partial charge in [-0.25, -0.2) is 0 Å². The van der Waals surface area contributed by atoms with Crippen LogP contribution in [0.4, 0.5) is 0 Å². The number of furan rings is 1. The molecule has 1 N–H and O–H groups in total. The van der Waals surface area contributed by atoms with Gasteiger partial charge in [0.15, 0.2) is 0 Å². The molecule has 0 radical (unpaired) electrons. The number of nitrogens with zero attached hydrogens (tertiary/aromatic N) is 1. The molecule has 0 aromatic carbocycles. The number of thiophene rings is 1. The lowest BCUT2D eigenvalue weighted by atomic mass is 10.1. The molecule has 5 nitrogen and oxygen atoms in total. The number of carbonyl (C=O) groups is 1. The van der Waals surface area contributed by atoms with E-state index in [0.29, 0.717) is 35.7 Å². The van der Waals surface area contributed by atoms with Crippen molar-refractivity contribution >= 4 is 27.3 Å². The van der Waals surface area contributed by atoms with E-state index in [9.17, 15) is 9.59 Å². The van der Waals surface area contributed by atoms with Gasteiger partial charge in [0.05, 0.1) is 23.8 Å². The number of aryl methyl sites for hydroxylation is 1. The van der Waals surface area contributed by atoms with Crippen molar-refractivity contribution in [3.8, 4) is 0 Å². The summed E-state index contributed by atoms with van der Waals surface area (Å²) in [5.41, 5.74) is 0.373. The van der Waals surface area contributed by atoms with E-state index >= 15 is 0 Å². The Morgan fingerprint density at radius 3 is 2.83 bits per heavy atom. The summed E-state index contributed by atoms with van der Waals surface area (Å²) >= 11 is 1.47. The SMILES string of the molecule is Cc1sc2ccn(CC(C)C)c(=O)c2c1C(=O)NCc1ccco1. The smallest absolute Gasteiger partial charge is 0.260 e. The van der Waals surface area contributed by atoms with Crippen molar-refractivity contribution in [1.29, 1.82) is 0 Å². The van der Waals surface area contributed by atoms with Crippen LogP contribution in [0.3, 0.4) is 0 Å². The first kappa shape index (κ1) is 16.5. The van der Waals surface area contributed by atoms with Gasteiger partial charge in [-0.15, -0.1) is 11.3 Å². The molecule has 0 aliphatic rings. The number of hydrogen-bond acceptors (Lipinski definition) is 4. The van der Waals surface area contributed by atoms with E-state index in [1.54, 1.807) is 23.0 Å². The Hall–Kier alpha value is -2.34. The van der Waals surface area contributed by atoms with Gasteiger partial charge in [-0.1, -0.05) is 13.8 Å². The Morgan fingerprint density at radius 1 is 1.38 bits per heavy atom. The fourth-order valence-corrected chi connectivity index (χ4v) is 3.79. The van der Waals surface area contributed by atoms with Crippen LogP contribution in [0.2, 0.25) is 0 Å². The van der Waals surface area contributed by atoms with Crippen LogP contribution in [0, 0.1) is 12.8 Å². The molecule has 6 heteroatoms. The van der Waals surface area contributed by atoms with Gasteiger partial charge in [0, 0.05) is 22.3 Å². The second-order valence-corrected chi connectivity index (χ2v) is 7.46. The molecule has 24 heavy (non-hydrogen) atoms. The first-order valence-corrected chi connectivity index (χ1v) is 8.72. The molecule has 3 aromatic heterocycles. The van der Waals surface area contributed by atoms with Crippen molar-refractivity contribution < 1.29 is 9.21 Å². The number of fused-ring (bicyclic) bond motifs is 1. The number of hydrogen-bond donors (Lipinski definition) is 1. The van der Waals surface area contributed by atoms with Crippen LogP contribution in [0.1, 0.15) is 34.8 Å². The van der Waals surface area contributed by atoms with Gasteiger partial charge in [0.1, 0.15) is 5.76 Å². The molecule has 3 heterocycles. The highest BCUT2D eigenvalue weighted by molar-refractivity contribution is 7.19. The molecular weight excluding hydrogens is 324 g/mol. The number of rotatable bonds is 5. The molecule has 0 unspecified atom stereocenters. The van der Waals surface area contributed by atoms with E-state index in [4.69, 9.17) is 4.42 Å². The largest absolute Gasteiger partial charge is 0.467 e. The van der Waals surface area contributed by atoms with Crippen molar-refractivity contribution in [1.82, 2.24) is 9.88 Å². The van der Waals surface area contributed by atoms with E-state index in [1.165, 1.54) is 11.3 Å². The number of nitrogens with one attached hydrogen (secondary N) is 1. The summed E-state index contributed by atoms with van der Waals surface area (Å²) in [6.45, 7) is 6.93. The maximum atomic E-state index is 12.8. The number of carbonyl (C=O) groups excluding carboxylic acids is 1. The third kappa shape index (κ3) is 3.14. The van der Waals surface area contributed by atoms with E-state index in [0.717, 1.165) is 9.58 Å². The lowest BCUT2D eigenvalue weighted by molar-refractivity contribution is 0.0949. The zero-order chi connectivity index (χ0) is 17.3. The van der Waals surface area contributed by atoms with Gasteiger partial charge < -0.3 is 14.3 Å². The Kier molecular flexibility index (Phi) is 4.57. The summed E-state index contributed by atoms with van der Waals surface area (Å²) in [5, 5.41) is 3.35. The van der Waals surface area contributed by atoms with Gasteiger partial charge in [-0.05, 0) is 31.0 Å². The molecule has 0 bridgehead atoms. The van der Waals surface area contributed by atoms with Crippen LogP contribution in [0.15, 0.2) is 39.9 Å². The molecule has 0 aliphatic heterocycles. The van der Waals surface area contributed by atoms with Crippen LogP contribution in [0.25, 0.3) is 10.1 Å². The minimum Gasteiger partial charge on any atom is -0.467 e. The summed E-state index contributed by atoms with van der Waals surface area (Å²) in [7, 11) is 0. The second-order valence-electron chi connectivity index (χ2n) is 6.20. The molecule has 0 spiro atoms. The number of amides is 1. The van der Waals surface area contributed by atoms with Crippen LogP contribution >= 0.6 is 11.3 Å². The molecule has 3 aromatic rings. The highest BCUT2D eigenvalue weighted by Gasteiger charge is 2.20. The maximum absolute atomic E-state index is 12.8. The first-order valence-electron chi connectivity index (χ1n) is 7.90. The normalized spacial score (nSPS) is 11.3. The fourth-order valence-electron chi connectivity index (χ4n) is 2.74. The summed E-state index contributed by atoms with van der Waals surface area (Å²) in [5.74, 6) is 0.795. The summed E-state index contributed by atoms with van der Waals surface area (Å²) < 4.78 is 7.76. The quantitative estimate of drug-likeness (QED) is 0.770. The van der Waals surface area contributed by atoms with Crippen molar-refractivity contribution in [2.75, 3.05) is 0 Å². The summed E-state index contributed by atoms with van der Waals surface area (Å²) in [4.78, 5) is 26.3. The predicted molar refractivity (Wildman–Crippen MR) is 95.5 cm³/mol. The highest BCUT2D eigenvalue weighted by Crippen LogP contribution is 2.28. The molecule has 0 saturated carbocycles. The van der Waals surface area contributed by atoms with Gasteiger partial charge in [-0.2, -0.15) is 0 Å². The van der Waals surface area contributed by atoms with Crippen molar-refractivity contribution in [3.63, 3.8) is 0 Å². The zero-order valence-electron chi connectivity index (χ0n) is 14.0. The minimum absolute atomic E-state index is 0.103. The molecule has 0 aliphatic carbocycles. The van der Waals surface area contributed by atoms with Crippen LogP contribution in [-0.4, -0.2) is 10.5 Å². The third-order valence-corrected chi connectivity index (χ3v) is 4.85. The maximum Gasteiger partial charge on any atom is 0.260 e. The molecule has 0 fully saturated rings. The lowest BCUT2D eigenvalue weighted by Crippen LogP contribution is -2.26. The van der Waals surface area contributed by atoms with Crippen molar-refractivity contribution in [3.05, 3.63) is 57.2 Å². The van der Waals surface area contributed by atoms with E-state index in [2.05, 4.69) is 19.2 Å². The molecule has 126 valence electrons. The average molecular weight is 344 g/mol. The molecular formula is C18H20N2O3S. The Morgan fingerprint density at radius 2 is 2.17 bits per heavy atom. The average Bonchev–Trinajstić information content (AvgIpc) is 3.14. The zero-order valence-corrected chi connectivity index (χ0v) is 14.8. The van der Waals surface area contributed by atoms with Crippen LogP contribution < -0.4 is 10.9 Å². The highest BCUT2D eigenvalue weighted by atomic mass is 32.1. The summed E-state index contributed by atoms with van der Waals surface area (Å²) in [6, 6.07) is 5.49. The Balaban J connectivity index is 1.98. The third-order valence-electron chi connectivity index (χ3n) is 3.78. The number of pyridine rings is 1. The second kappa shape index (κ2) is 6.65. The number of aromatic nitrogens is 1. The van der Waals surface area contributed by atoms with E-state index in [1.807, 2.05) is 19.2 Å². The first-order chi connectivity index (χ1) is 11.5. The van der Waals surface area contributed by atoms with Crippen LogP contribution in [0.5, 0.6) is 0 Å². The molecule has 3 rings (SSSR count). The monoisotopic (exact) mass is 344 g/mol. The van der Waals surface area contributed by atoms with Gasteiger partial charge in [-0.3, -0.25) is 9.59 Å². The Labute approximate surface area is 143 Å². The fraction of sp³-hybridized carbons (Fsp3) is 0.333. The van der Waals surface area contributed by atoms with Gasteiger partial charge in [0.2, 0.25) is 0 Å². The van der Waals surface area contributed by atoms with E-state index in [-0.39, 0.29) is 11.5 Å². The predicted octanol–water partition coefficient (Wildman–Crippen LogP) is 3.55. The molecule has 1 amide bonds. The minimum atomic E-state index is -0.241.